The molecule has 0 fully saturated rings. The van der Waals surface area contributed by atoms with Gasteiger partial charge in [0.15, 0.2) is 0 Å². The van der Waals surface area contributed by atoms with Gasteiger partial charge in [0.05, 0.1) is 26.6 Å². The van der Waals surface area contributed by atoms with Gasteiger partial charge in [0.25, 0.3) is 0 Å². The standard InChI is InChI=1S/C16H21NO5/c1-10(6-15(18)21-3)17-16(19)12-7-11-4-5-13(20-2)8-14(11)22-9-12/h4-5,8,10,12H,6-7,9H2,1-3H3,(H,17,19)/t10-,12+/m0/s1. The van der Waals surface area contributed by atoms with Crippen LogP contribution in [0.15, 0.2) is 18.2 Å². The van der Waals surface area contributed by atoms with E-state index in [4.69, 9.17) is 9.47 Å². The molecule has 0 aliphatic carbocycles. The van der Waals surface area contributed by atoms with Crippen LogP contribution < -0.4 is 14.8 Å². The van der Waals surface area contributed by atoms with E-state index in [2.05, 4.69) is 10.1 Å². The van der Waals surface area contributed by atoms with Gasteiger partial charge in [-0.2, -0.15) is 0 Å². The highest BCUT2D eigenvalue weighted by molar-refractivity contribution is 5.80. The highest BCUT2D eigenvalue weighted by Crippen LogP contribution is 2.31. The molecule has 6 nitrogen and oxygen atoms in total. The van der Waals surface area contributed by atoms with Crippen LogP contribution in [0.3, 0.4) is 0 Å². The van der Waals surface area contributed by atoms with Crippen LogP contribution in [0, 0.1) is 5.92 Å². The van der Waals surface area contributed by atoms with E-state index in [1.54, 1.807) is 14.0 Å². The highest BCUT2D eigenvalue weighted by atomic mass is 16.5. The Hall–Kier alpha value is -2.24. The topological polar surface area (TPSA) is 73.9 Å². The Bertz CT molecular complexity index is 557. The van der Waals surface area contributed by atoms with Crippen molar-refractivity contribution in [1.82, 2.24) is 5.32 Å². The summed E-state index contributed by atoms with van der Waals surface area (Å²) in [6.07, 6.45) is 0.764. The smallest absolute Gasteiger partial charge is 0.307 e. The van der Waals surface area contributed by atoms with E-state index < -0.39 is 0 Å². The molecule has 0 bridgehead atoms. The third kappa shape index (κ3) is 3.90. The molecule has 0 radical (unpaired) electrons. The molecule has 1 N–H and O–H groups in total. The van der Waals surface area contributed by atoms with Crippen LogP contribution in [0.25, 0.3) is 0 Å². The predicted octanol–water partition coefficient (Wildman–Crippen LogP) is 1.31. The molecule has 0 saturated heterocycles. The van der Waals surface area contributed by atoms with Gasteiger partial charge in [0.1, 0.15) is 18.1 Å². The minimum atomic E-state index is -0.342. The van der Waals surface area contributed by atoms with Crippen LogP contribution in [0.2, 0.25) is 0 Å². The summed E-state index contributed by atoms with van der Waals surface area (Å²) in [7, 11) is 2.93. The first kappa shape index (κ1) is 16.1. The third-order valence-electron chi connectivity index (χ3n) is 3.64. The lowest BCUT2D eigenvalue weighted by atomic mass is 9.95. The number of benzene rings is 1. The number of fused-ring (bicyclic) bond motifs is 1. The van der Waals surface area contributed by atoms with Gasteiger partial charge in [-0.25, -0.2) is 0 Å². The van der Waals surface area contributed by atoms with E-state index in [9.17, 15) is 9.59 Å². The SMILES string of the molecule is COC(=O)C[C@H](C)NC(=O)[C@H]1COc2cc(OC)ccc2C1. The van der Waals surface area contributed by atoms with E-state index in [0.29, 0.717) is 13.0 Å². The molecule has 1 aliphatic heterocycles. The van der Waals surface area contributed by atoms with Crippen molar-refractivity contribution in [2.45, 2.75) is 25.8 Å². The number of carbonyl (C=O) groups is 2. The van der Waals surface area contributed by atoms with Gasteiger partial charge in [-0.05, 0) is 25.0 Å². The van der Waals surface area contributed by atoms with Gasteiger partial charge in [-0.1, -0.05) is 6.07 Å². The Labute approximate surface area is 129 Å². The lowest BCUT2D eigenvalue weighted by Crippen LogP contribution is -2.42. The number of esters is 1. The lowest BCUT2D eigenvalue weighted by Gasteiger charge is -2.26. The molecule has 1 amide bonds. The van der Waals surface area contributed by atoms with Gasteiger partial charge in [0, 0.05) is 12.1 Å². The van der Waals surface area contributed by atoms with E-state index in [0.717, 1.165) is 17.1 Å². The molecule has 0 spiro atoms. The molecular formula is C16H21NO5. The second-order valence-electron chi connectivity index (χ2n) is 5.38. The first-order chi connectivity index (χ1) is 10.5. The summed E-state index contributed by atoms with van der Waals surface area (Å²) in [6, 6.07) is 5.31. The van der Waals surface area contributed by atoms with Crippen molar-refractivity contribution >= 4 is 11.9 Å². The molecule has 1 aromatic rings. The quantitative estimate of drug-likeness (QED) is 0.830. The molecule has 1 aromatic carbocycles. The number of hydrogen-bond donors (Lipinski definition) is 1. The van der Waals surface area contributed by atoms with Crippen LogP contribution in [-0.4, -0.2) is 38.7 Å². The monoisotopic (exact) mass is 307 g/mol. The number of methoxy groups -OCH3 is 2. The van der Waals surface area contributed by atoms with Gasteiger partial charge in [-0.3, -0.25) is 9.59 Å². The first-order valence-corrected chi connectivity index (χ1v) is 7.20. The van der Waals surface area contributed by atoms with E-state index in [1.165, 1.54) is 7.11 Å². The van der Waals surface area contributed by atoms with Crippen LogP contribution >= 0.6 is 0 Å². The maximum atomic E-state index is 12.2. The minimum absolute atomic E-state index is 0.113. The summed E-state index contributed by atoms with van der Waals surface area (Å²) in [6.45, 7) is 2.09. The molecule has 22 heavy (non-hydrogen) atoms. The summed E-state index contributed by atoms with van der Waals surface area (Å²) in [5.41, 5.74) is 0.979. The Balaban J connectivity index is 1.94. The normalized spacial score (nSPS) is 17.7. The number of nitrogens with one attached hydrogen (secondary N) is 1. The van der Waals surface area contributed by atoms with E-state index in [1.807, 2.05) is 18.2 Å². The van der Waals surface area contributed by atoms with E-state index in [-0.39, 0.29) is 30.3 Å². The first-order valence-electron chi connectivity index (χ1n) is 7.20. The summed E-state index contributed by atoms with van der Waals surface area (Å²) in [5.74, 6) is 0.767. The van der Waals surface area contributed by atoms with Crippen molar-refractivity contribution < 1.29 is 23.8 Å². The van der Waals surface area contributed by atoms with Gasteiger partial charge in [-0.15, -0.1) is 0 Å². The Morgan fingerprint density at radius 3 is 2.86 bits per heavy atom. The van der Waals surface area contributed by atoms with Crippen LogP contribution in [0.5, 0.6) is 11.5 Å². The van der Waals surface area contributed by atoms with Gasteiger partial charge < -0.3 is 19.5 Å². The lowest BCUT2D eigenvalue weighted by molar-refractivity contribution is -0.141. The Kier molecular flexibility index (Phi) is 5.25. The minimum Gasteiger partial charge on any atom is -0.497 e. The average molecular weight is 307 g/mol. The molecular weight excluding hydrogens is 286 g/mol. The number of amides is 1. The third-order valence-corrected chi connectivity index (χ3v) is 3.64. The largest absolute Gasteiger partial charge is 0.497 e. The molecule has 0 unspecified atom stereocenters. The highest BCUT2D eigenvalue weighted by Gasteiger charge is 2.27. The fraction of sp³-hybridized carbons (Fsp3) is 0.500. The summed E-state index contributed by atoms with van der Waals surface area (Å²) >= 11 is 0. The van der Waals surface area contributed by atoms with Crippen LogP contribution in [0.1, 0.15) is 18.9 Å². The van der Waals surface area contributed by atoms with Gasteiger partial charge >= 0.3 is 5.97 Å². The molecule has 0 saturated carbocycles. The number of hydrogen-bond acceptors (Lipinski definition) is 5. The van der Waals surface area contributed by atoms with Crippen molar-refractivity contribution in [1.29, 1.82) is 0 Å². The van der Waals surface area contributed by atoms with Crippen molar-refractivity contribution in [3.05, 3.63) is 23.8 Å². The number of rotatable bonds is 5. The van der Waals surface area contributed by atoms with Crippen LogP contribution in [0.4, 0.5) is 0 Å². The summed E-state index contributed by atoms with van der Waals surface area (Å²) in [4.78, 5) is 23.4. The molecule has 2 rings (SSSR count). The predicted molar refractivity (Wildman–Crippen MR) is 79.9 cm³/mol. The molecule has 1 heterocycles. The molecule has 0 aromatic heterocycles. The van der Waals surface area contributed by atoms with Crippen molar-refractivity contribution in [3.63, 3.8) is 0 Å². The zero-order valence-electron chi connectivity index (χ0n) is 13.0. The Morgan fingerprint density at radius 2 is 2.18 bits per heavy atom. The fourth-order valence-corrected chi connectivity index (χ4v) is 2.39. The number of carbonyl (C=O) groups excluding carboxylic acids is 2. The van der Waals surface area contributed by atoms with Crippen molar-refractivity contribution in [3.8, 4) is 11.5 Å². The Morgan fingerprint density at radius 1 is 1.41 bits per heavy atom. The second kappa shape index (κ2) is 7.15. The maximum Gasteiger partial charge on any atom is 0.307 e. The zero-order valence-corrected chi connectivity index (χ0v) is 13.0. The molecule has 6 heteroatoms. The van der Waals surface area contributed by atoms with Crippen molar-refractivity contribution in [2.75, 3.05) is 20.8 Å². The second-order valence-corrected chi connectivity index (χ2v) is 5.38. The molecule has 120 valence electrons. The maximum absolute atomic E-state index is 12.2. The summed E-state index contributed by atoms with van der Waals surface area (Å²) < 4.78 is 15.4. The van der Waals surface area contributed by atoms with Crippen molar-refractivity contribution in [2.24, 2.45) is 5.92 Å². The number of ether oxygens (including phenoxy) is 3. The zero-order chi connectivity index (χ0) is 16.1. The van der Waals surface area contributed by atoms with Crippen LogP contribution in [-0.2, 0) is 20.7 Å². The van der Waals surface area contributed by atoms with E-state index >= 15 is 0 Å². The molecule has 2 atom stereocenters. The fourth-order valence-electron chi connectivity index (χ4n) is 2.39. The molecule has 1 aliphatic rings. The van der Waals surface area contributed by atoms with Gasteiger partial charge in [0.2, 0.25) is 5.91 Å². The average Bonchev–Trinajstić information content (AvgIpc) is 2.53. The summed E-state index contributed by atoms with van der Waals surface area (Å²) in [5, 5.41) is 2.82.